The first-order valence-corrected chi connectivity index (χ1v) is 3.15. The quantitative estimate of drug-likeness (QED) is 0.481. The summed E-state index contributed by atoms with van der Waals surface area (Å²) in [5.41, 5.74) is 0. The number of halogens is 3. The molecule has 3 nitrogen and oxygen atoms in total. The SMILES string of the molecule is CCC(=O)OC(=O)CC(F)(F)F. The van der Waals surface area contributed by atoms with Gasteiger partial charge >= 0.3 is 18.1 Å². The maximum absolute atomic E-state index is 11.4. The number of alkyl halides is 3. The number of ether oxygens (including phenoxy) is 1. The van der Waals surface area contributed by atoms with Crippen molar-refractivity contribution >= 4 is 11.9 Å². The second-order valence-electron chi connectivity index (χ2n) is 1.99. The molecule has 0 saturated heterocycles. The Balaban J connectivity index is 3.83. The summed E-state index contributed by atoms with van der Waals surface area (Å²) in [6, 6.07) is 0. The summed E-state index contributed by atoms with van der Waals surface area (Å²) in [7, 11) is 0. The van der Waals surface area contributed by atoms with Crippen LogP contribution in [0.5, 0.6) is 0 Å². The van der Waals surface area contributed by atoms with Crippen LogP contribution in [-0.4, -0.2) is 18.1 Å². The first-order chi connectivity index (χ1) is 5.35. The maximum Gasteiger partial charge on any atom is 0.399 e. The summed E-state index contributed by atoms with van der Waals surface area (Å²) in [4.78, 5) is 20.6. The van der Waals surface area contributed by atoms with Gasteiger partial charge in [-0.05, 0) is 0 Å². The molecule has 0 amide bonds. The lowest BCUT2D eigenvalue weighted by Crippen LogP contribution is -2.19. The minimum absolute atomic E-state index is 0.121. The number of carbonyl (C=O) groups excluding carboxylic acids is 2. The molecule has 0 aliphatic rings. The minimum Gasteiger partial charge on any atom is -0.393 e. The normalized spacial score (nSPS) is 11.0. The summed E-state index contributed by atoms with van der Waals surface area (Å²) < 4.78 is 38.1. The number of esters is 2. The van der Waals surface area contributed by atoms with Crippen LogP contribution < -0.4 is 0 Å². The van der Waals surface area contributed by atoms with Gasteiger partial charge < -0.3 is 4.74 Å². The number of hydrogen-bond donors (Lipinski definition) is 0. The van der Waals surface area contributed by atoms with E-state index in [4.69, 9.17) is 0 Å². The molecule has 0 fully saturated rings. The first kappa shape index (κ1) is 10.9. The van der Waals surface area contributed by atoms with Crippen LogP contribution in [0.15, 0.2) is 0 Å². The number of hydrogen-bond acceptors (Lipinski definition) is 3. The molecule has 0 aliphatic carbocycles. The average Bonchev–Trinajstić information content (AvgIpc) is 1.82. The van der Waals surface area contributed by atoms with Crippen molar-refractivity contribution < 1.29 is 27.5 Å². The van der Waals surface area contributed by atoms with Crippen LogP contribution in [0.25, 0.3) is 0 Å². The Bertz CT molecular complexity index is 185. The van der Waals surface area contributed by atoms with Gasteiger partial charge in [-0.1, -0.05) is 6.92 Å². The zero-order valence-electron chi connectivity index (χ0n) is 6.27. The molecule has 70 valence electrons. The van der Waals surface area contributed by atoms with Gasteiger partial charge in [0, 0.05) is 6.42 Å². The van der Waals surface area contributed by atoms with E-state index in [0.717, 1.165) is 0 Å². The van der Waals surface area contributed by atoms with Crippen molar-refractivity contribution in [1.82, 2.24) is 0 Å². The van der Waals surface area contributed by atoms with Gasteiger partial charge in [0.25, 0.3) is 0 Å². The van der Waals surface area contributed by atoms with Crippen LogP contribution in [0.1, 0.15) is 19.8 Å². The second kappa shape index (κ2) is 4.08. The molecule has 0 unspecified atom stereocenters. The third-order valence-corrected chi connectivity index (χ3v) is 0.861. The molecule has 0 aromatic heterocycles. The van der Waals surface area contributed by atoms with Crippen molar-refractivity contribution in [2.75, 3.05) is 0 Å². The summed E-state index contributed by atoms with van der Waals surface area (Å²) in [5.74, 6) is -2.52. The van der Waals surface area contributed by atoms with Crippen LogP contribution in [0.4, 0.5) is 13.2 Å². The standard InChI is InChI=1S/C6H7F3O3/c1-2-4(10)12-5(11)3-6(7,8)9/h2-3H2,1H3. The van der Waals surface area contributed by atoms with Crippen LogP contribution in [0.2, 0.25) is 0 Å². The van der Waals surface area contributed by atoms with Crippen molar-refractivity contribution in [2.45, 2.75) is 25.9 Å². The summed E-state index contributed by atoms with van der Waals surface area (Å²) >= 11 is 0. The molecule has 0 spiro atoms. The third kappa shape index (κ3) is 5.70. The van der Waals surface area contributed by atoms with E-state index in [1.54, 1.807) is 0 Å². The van der Waals surface area contributed by atoms with Gasteiger partial charge in [-0.3, -0.25) is 9.59 Å². The van der Waals surface area contributed by atoms with Crippen LogP contribution in [-0.2, 0) is 14.3 Å². The summed E-state index contributed by atoms with van der Waals surface area (Å²) in [5, 5.41) is 0. The van der Waals surface area contributed by atoms with Crippen molar-refractivity contribution in [2.24, 2.45) is 0 Å². The van der Waals surface area contributed by atoms with E-state index in [1.807, 2.05) is 0 Å². The molecule has 0 heterocycles. The van der Waals surface area contributed by atoms with E-state index in [9.17, 15) is 22.8 Å². The third-order valence-electron chi connectivity index (χ3n) is 0.861. The Labute approximate surface area is 66.5 Å². The van der Waals surface area contributed by atoms with E-state index < -0.39 is 24.5 Å². The lowest BCUT2D eigenvalue weighted by Gasteiger charge is -2.04. The number of rotatable bonds is 2. The van der Waals surface area contributed by atoms with E-state index in [-0.39, 0.29) is 6.42 Å². The fourth-order valence-corrected chi connectivity index (χ4v) is 0.399. The van der Waals surface area contributed by atoms with E-state index >= 15 is 0 Å². The maximum atomic E-state index is 11.4. The van der Waals surface area contributed by atoms with Gasteiger partial charge in [-0.2, -0.15) is 13.2 Å². The molecular formula is C6H7F3O3. The zero-order valence-corrected chi connectivity index (χ0v) is 6.27. The second-order valence-corrected chi connectivity index (χ2v) is 1.99. The topological polar surface area (TPSA) is 43.4 Å². The molecule has 0 aromatic rings. The molecule has 0 rings (SSSR count). The summed E-state index contributed by atoms with van der Waals surface area (Å²) in [6.07, 6.45) is -6.46. The zero-order chi connectivity index (χ0) is 9.78. The van der Waals surface area contributed by atoms with E-state index in [2.05, 4.69) is 4.74 Å². The largest absolute Gasteiger partial charge is 0.399 e. The van der Waals surface area contributed by atoms with Gasteiger partial charge in [-0.15, -0.1) is 0 Å². The van der Waals surface area contributed by atoms with Crippen molar-refractivity contribution in [3.8, 4) is 0 Å². The van der Waals surface area contributed by atoms with Crippen molar-refractivity contribution in [3.63, 3.8) is 0 Å². The van der Waals surface area contributed by atoms with Gasteiger partial charge in [0.05, 0.1) is 0 Å². The molecule has 0 saturated carbocycles. The lowest BCUT2D eigenvalue weighted by atomic mass is 10.4. The van der Waals surface area contributed by atoms with Crippen molar-refractivity contribution in [1.29, 1.82) is 0 Å². The number of carbonyl (C=O) groups is 2. The molecule has 0 radical (unpaired) electrons. The molecule has 0 aliphatic heterocycles. The highest BCUT2D eigenvalue weighted by molar-refractivity contribution is 5.85. The fraction of sp³-hybridized carbons (Fsp3) is 0.667. The molecule has 0 N–H and O–H groups in total. The van der Waals surface area contributed by atoms with Crippen LogP contribution in [0.3, 0.4) is 0 Å². The molecule has 6 heteroatoms. The van der Waals surface area contributed by atoms with Crippen LogP contribution >= 0.6 is 0 Å². The predicted molar refractivity (Wildman–Crippen MR) is 32.1 cm³/mol. The highest BCUT2D eigenvalue weighted by Crippen LogP contribution is 2.19. The van der Waals surface area contributed by atoms with Gasteiger partial charge in [0.15, 0.2) is 0 Å². The molecule has 0 atom stereocenters. The van der Waals surface area contributed by atoms with E-state index in [0.29, 0.717) is 0 Å². The highest BCUT2D eigenvalue weighted by Gasteiger charge is 2.32. The fourth-order valence-electron chi connectivity index (χ4n) is 0.399. The minimum atomic E-state index is -4.62. The highest BCUT2D eigenvalue weighted by atomic mass is 19.4. The Morgan fingerprint density at radius 3 is 2.08 bits per heavy atom. The predicted octanol–water partition coefficient (Wildman–Crippen LogP) is 1.42. The van der Waals surface area contributed by atoms with Gasteiger partial charge in [0.1, 0.15) is 6.42 Å². The van der Waals surface area contributed by atoms with E-state index in [1.165, 1.54) is 6.92 Å². The average molecular weight is 184 g/mol. The Morgan fingerprint density at radius 1 is 1.25 bits per heavy atom. The van der Waals surface area contributed by atoms with Gasteiger partial charge in [0.2, 0.25) is 0 Å². The smallest absolute Gasteiger partial charge is 0.393 e. The molecular weight excluding hydrogens is 177 g/mol. The Hall–Kier alpha value is -1.07. The molecule has 0 aromatic carbocycles. The Morgan fingerprint density at radius 2 is 1.75 bits per heavy atom. The molecule has 0 bridgehead atoms. The van der Waals surface area contributed by atoms with Gasteiger partial charge in [-0.25, -0.2) is 0 Å². The van der Waals surface area contributed by atoms with Crippen molar-refractivity contribution in [3.05, 3.63) is 0 Å². The first-order valence-electron chi connectivity index (χ1n) is 3.15. The Kier molecular flexibility index (Phi) is 3.72. The molecule has 12 heavy (non-hydrogen) atoms. The lowest BCUT2D eigenvalue weighted by molar-refractivity contribution is -0.176. The summed E-state index contributed by atoms with van der Waals surface area (Å²) in [6.45, 7) is 1.38. The monoisotopic (exact) mass is 184 g/mol. The van der Waals surface area contributed by atoms with Crippen LogP contribution in [0, 0.1) is 0 Å².